The van der Waals surface area contributed by atoms with Crippen LogP contribution >= 0.6 is 23.2 Å². The van der Waals surface area contributed by atoms with Gasteiger partial charge in [-0.15, -0.1) is 0 Å². The van der Waals surface area contributed by atoms with E-state index in [1.54, 1.807) is 35.0 Å². The lowest BCUT2D eigenvalue weighted by Gasteiger charge is -2.35. The Morgan fingerprint density at radius 3 is 2.65 bits per heavy atom. The lowest BCUT2D eigenvalue weighted by molar-refractivity contribution is -0.136. The molecule has 1 unspecified atom stereocenters. The molecule has 0 spiro atoms. The van der Waals surface area contributed by atoms with Gasteiger partial charge < -0.3 is 14.5 Å². The molecular formula is C19H26Cl2N2O3. The maximum Gasteiger partial charge on any atom is 0.410 e. The predicted octanol–water partition coefficient (Wildman–Crippen LogP) is 4.60. The van der Waals surface area contributed by atoms with Crippen LogP contribution in [0.3, 0.4) is 0 Å². The molecule has 144 valence electrons. The number of likely N-dealkylation sites (tertiary alicyclic amines) is 1. The Balaban J connectivity index is 1.99. The normalized spacial score (nSPS) is 17.8. The highest BCUT2D eigenvalue weighted by Crippen LogP contribution is 2.24. The molecule has 1 aliphatic rings. The zero-order valence-electron chi connectivity index (χ0n) is 15.7. The Kier molecular flexibility index (Phi) is 6.80. The van der Waals surface area contributed by atoms with E-state index in [-0.39, 0.29) is 17.9 Å². The zero-order valence-corrected chi connectivity index (χ0v) is 17.2. The molecule has 0 N–H and O–H groups in total. The molecule has 5 nitrogen and oxygen atoms in total. The molecule has 1 aromatic carbocycles. The standard InChI is InChI=1S/C19H26Cl2N2O3/c1-19(2,3)26-18(25)23-9-5-6-13(12-23)17(24)22(4)11-14-10-15(20)7-8-16(14)21/h7-8,10,13H,5-6,9,11-12H2,1-4H3. The third-order valence-electron chi connectivity index (χ3n) is 4.21. The van der Waals surface area contributed by atoms with Gasteiger partial charge in [-0.1, -0.05) is 23.2 Å². The quantitative estimate of drug-likeness (QED) is 0.744. The summed E-state index contributed by atoms with van der Waals surface area (Å²) in [6.45, 7) is 6.87. The first-order chi connectivity index (χ1) is 12.1. The summed E-state index contributed by atoms with van der Waals surface area (Å²) in [5, 5.41) is 1.16. The number of carbonyl (C=O) groups is 2. The Morgan fingerprint density at radius 1 is 1.31 bits per heavy atom. The van der Waals surface area contributed by atoms with Crippen molar-refractivity contribution < 1.29 is 14.3 Å². The topological polar surface area (TPSA) is 49.9 Å². The molecule has 1 saturated heterocycles. The molecule has 1 heterocycles. The molecule has 0 saturated carbocycles. The van der Waals surface area contributed by atoms with Crippen molar-refractivity contribution in [1.29, 1.82) is 0 Å². The molecule has 0 radical (unpaired) electrons. The minimum atomic E-state index is -0.547. The van der Waals surface area contributed by atoms with Crippen LogP contribution in [0.25, 0.3) is 0 Å². The highest BCUT2D eigenvalue weighted by molar-refractivity contribution is 6.33. The summed E-state index contributed by atoms with van der Waals surface area (Å²) in [5.74, 6) is -0.242. The lowest BCUT2D eigenvalue weighted by atomic mass is 9.96. The van der Waals surface area contributed by atoms with Crippen molar-refractivity contribution in [3.05, 3.63) is 33.8 Å². The van der Waals surface area contributed by atoms with Crippen molar-refractivity contribution in [3.63, 3.8) is 0 Å². The molecule has 0 bridgehead atoms. The summed E-state index contributed by atoms with van der Waals surface area (Å²) in [4.78, 5) is 28.4. The van der Waals surface area contributed by atoms with Crippen molar-refractivity contribution in [2.45, 2.75) is 45.8 Å². The third-order valence-corrected chi connectivity index (χ3v) is 4.82. The van der Waals surface area contributed by atoms with Crippen molar-refractivity contribution in [1.82, 2.24) is 9.80 Å². The van der Waals surface area contributed by atoms with Gasteiger partial charge in [0.15, 0.2) is 0 Å². The SMILES string of the molecule is CN(Cc1cc(Cl)ccc1Cl)C(=O)C1CCCN(C(=O)OC(C)(C)C)C1. The minimum absolute atomic E-state index is 0.00528. The molecule has 1 fully saturated rings. The molecule has 0 aromatic heterocycles. The third kappa shape index (κ3) is 5.78. The number of rotatable bonds is 3. The van der Waals surface area contributed by atoms with Gasteiger partial charge in [0.1, 0.15) is 5.60 Å². The summed E-state index contributed by atoms with van der Waals surface area (Å²) in [7, 11) is 1.74. The van der Waals surface area contributed by atoms with Gasteiger partial charge in [0.05, 0.1) is 5.92 Å². The Hall–Kier alpha value is -1.46. The van der Waals surface area contributed by atoms with Gasteiger partial charge in [-0.3, -0.25) is 4.79 Å². The van der Waals surface area contributed by atoms with Gasteiger partial charge >= 0.3 is 6.09 Å². The van der Waals surface area contributed by atoms with Gasteiger partial charge in [0.25, 0.3) is 0 Å². The van der Waals surface area contributed by atoms with Crippen molar-refractivity contribution in [2.75, 3.05) is 20.1 Å². The van der Waals surface area contributed by atoms with Crippen LogP contribution in [0, 0.1) is 5.92 Å². The number of piperidine rings is 1. The van der Waals surface area contributed by atoms with E-state index in [4.69, 9.17) is 27.9 Å². The fourth-order valence-corrected chi connectivity index (χ4v) is 3.35. The predicted molar refractivity (Wildman–Crippen MR) is 103 cm³/mol. The molecular weight excluding hydrogens is 375 g/mol. The fourth-order valence-electron chi connectivity index (χ4n) is 2.98. The largest absolute Gasteiger partial charge is 0.444 e. The van der Waals surface area contributed by atoms with E-state index < -0.39 is 5.60 Å². The number of nitrogens with zero attached hydrogens (tertiary/aromatic N) is 2. The molecule has 1 aromatic rings. The molecule has 2 rings (SSSR count). The maximum absolute atomic E-state index is 12.8. The fraction of sp³-hybridized carbons (Fsp3) is 0.579. The van der Waals surface area contributed by atoms with E-state index in [0.717, 1.165) is 18.4 Å². The van der Waals surface area contributed by atoms with E-state index in [9.17, 15) is 9.59 Å². The number of benzene rings is 1. The second-order valence-electron chi connectivity index (χ2n) is 7.70. The molecule has 2 amide bonds. The average Bonchev–Trinajstić information content (AvgIpc) is 2.56. The molecule has 7 heteroatoms. The van der Waals surface area contributed by atoms with E-state index in [0.29, 0.717) is 29.7 Å². The Bertz CT molecular complexity index is 673. The van der Waals surface area contributed by atoms with Crippen LogP contribution in [-0.2, 0) is 16.1 Å². The van der Waals surface area contributed by atoms with E-state index >= 15 is 0 Å². The highest BCUT2D eigenvalue weighted by Gasteiger charge is 2.32. The number of hydrogen-bond acceptors (Lipinski definition) is 3. The van der Waals surface area contributed by atoms with Crippen LogP contribution in [0.15, 0.2) is 18.2 Å². The molecule has 1 aliphatic heterocycles. The summed E-state index contributed by atoms with van der Waals surface area (Å²) < 4.78 is 5.42. The van der Waals surface area contributed by atoms with Crippen LogP contribution < -0.4 is 0 Å². The molecule has 0 aliphatic carbocycles. The summed E-state index contributed by atoms with van der Waals surface area (Å²) >= 11 is 12.2. The van der Waals surface area contributed by atoms with Gasteiger partial charge in [0, 0.05) is 36.7 Å². The zero-order chi connectivity index (χ0) is 19.5. The van der Waals surface area contributed by atoms with E-state index in [1.165, 1.54) is 0 Å². The maximum atomic E-state index is 12.8. The van der Waals surface area contributed by atoms with Crippen LogP contribution in [0.2, 0.25) is 10.0 Å². The average molecular weight is 401 g/mol. The summed E-state index contributed by atoms with van der Waals surface area (Å²) in [5.41, 5.74) is 0.253. The number of carbonyl (C=O) groups excluding carboxylic acids is 2. The van der Waals surface area contributed by atoms with Crippen LogP contribution in [0.5, 0.6) is 0 Å². The van der Waals surface area contributed by atoms with Gasteiger partial charge in [-0.05, 0) is 57.4 Å². The number of ether oxygens (including phenoxy) is 1. The molecule has 26 heavy (non-hydrogen) atoms. The monoisotopic (exact) mass is 400 g/mol. The Labute approximate surface area is 165 Å². The number of halogens is 2. The second-order valence-corrected chi connectivity index (χ2v) is 8.54. The van der Waals surface area contributed by atoms with Crippen molar-refractivity contribution in [3.8, 4) is 0 Å². The van der Waals surface area contributed by atoms with Gasteiger partial charge in [-0.25, -0.2) is 4.79 Å². The lowest BCUT2D eigenvalue weighted by Crippen LogP contribution is -2.47. The smallest absolute Gasteiger partial charge is 0.410 e. The Morgan fingerprint density at radius 2 is 2.00 bits per heavy atom. The number of hydrogen-bond donors (Lipinski definition) is 0. The van der Waals surface area contributed by atoms with E-state index in [1.807, 2.05) is 20.8 Å². The first-order valence-electron chi connectivity index (χ1n) is 8.73. The summed E-state index contributed by atoms with van der Waals surface area (Å²) in [6.07, 6.45) is 1.17. The van der Waals surface area contributed by atoms with Gasteiger partial charge in [-0.2, -0.15) is 0 Å². The van der Waals surface area contributed by atoms with E-state index in [2.05, 4.69) is 0 Å². The van der Waals surface area contributed by atoms with Crippen LogP contribution in [-0.4, -0.2) is 47.5 Å². The number of amides is 2. The van der Waals surface area contributed by atoms with Crippen LogP contribution in [0.1, 0.15) is 39.2 Å². The first-order valence-corrected chi connectivity index (χ1v) is 9.49. The molecule has 1 atom stereocenters. The van der Waals surface area contributed by atoms with Crippen molar-refractivity contribution >= 4 is 35.2 Å². The summed E-state index contributed by atoms with van der Waals surface area (Å²) in [6, 6.07) is 5.21. The minimum Gasteiger partial charge on any atom is -0.444 e. The van der Waals surface area contributed by atoms with Gasteiger partial charge in [0.2, 0.25) is 5.91 Å². The first kappa shape index (κ1) is 20.8. The second kappa shape index (κ2) is 8.49. The van der Waals surface area contributed by atoms with Crippen LogP contribution in [0.4, 0.5) is 4.79 Å². The highest BCUT2D eigenvalue weighted by atomic mass is 35.5. The van der Waals surface area contributed by atoms with Crippen molar-refractivity contribution in [2.24, 2.45) is 5.92 Å².